The highest BCUT2D eigenvalue weighted by molar-refractivity contribution is 5.96. The van der Waals surface area contributed by atoms with Crippen molar-refractivity contribution in [3.63, 3.8) is 0 Å². The topological polar surface area (TPSA) is 64.6 Å². The second kappa shape index (κ2) is 8.86. The van der Waals surface area contributed by atoms with Crippen LogP contribution in [0.25, 0.3) is 0 Å². The van der Waals surface area contributed by atoms with Crippen LogP contribution in [0, 0.1) is 0 Å². The number of nitrogens with one attached hydrogen (secondary N) is 1. The number of para-hydroxylation sites is 1. The third kappa shape index (κ3) is 5.20. The Balaban J connectivity index is 1.60. The van der Waals surface area contributed by atoms with Gasteiger partial charge in [0.05, 0.1) is 0 Å². The molecule has 1 amide bonds. The van der Waals surface area contributed by atoms with Crippen molar-refractivity contribution in [3.05, 3.63) is 84.4 Å². The van der Waals surface area contributed by atoms with E-state index in [1.165, 1.54) is 6.92 Å². The second-order valence-electron chi connectivity index (χ2n) is 6.27. The molecule has 0 aliphatic heterocycles. The number of amides is 1. The molecule has 5 nitrogen and oxygen atoms in total. The molecule has 0 radical (unpaired) electrons. The van der Waals surface area contributed by atoms with Crippen molar-refractivity contribution in [1.82, 2.24) is 0 Å². The summed E-state index contributed by atoms with van der Waals surface area (Å²) in [5, 5.41) is 2.78. The third-order valence-electron chi connectivity index (χ3n) is 4.03. The fourth-order valence-electron chi connectivity index (χ4n) is 2.53. The van der Waals surface area contributed by atoms with Gasteiger partial charge in [0.2, 0.25) is 0 Å². The van der Waals surface area contributed by atoms with Crippen molar-refractivity contribution >= 4 is 17.4 Å². The van der Waals surface area contributed by atoms with Gasteiger partial charge in [-0.05, 0) is 62.4 Å². The van der Waals surface area contributed by atoms with Crippen molar-refractivity contribution in [2.75, 3.05) is 5.32 Å². The number of benzene rings is 3. The molecule has 0 aliphatic carbocycles. The number of ether oxygens (including phenoxy) is 2. The monoisotopic (exact) mass is 375 g/mol. The third-order valence-corrected chi connectivity index (χ3v) is 4.03. The Bertz CT molecular complexity index is 952. The van der Waals surface area contributed by atoms with E-state index in [1.807, 2.05) is 36.4 Å². The van der Waals surface area contributed by atoms with Crippen LogP contribution in [0.5, 0.6) is 17.2 Å². The molecule has 3 aromatic carbocycles. The molecule has 28 heavy (non-hydrogen) atoms. The maximum Gasteiger partial charge on any atom is 0.265 e. The van der Waals surface area contributed by atoms with E-state index in [0.717, 1.165) is 5.75 Å². The van der Waals surface area contributed by atoms with Gasteiger partial charge in [0, 0.05) is 17.3 Å². The Labute approximate surface area is 163 Å². The van der Waals surface area contributed by atoms with Gasteiger partial charge in [-0.1, -0.05) is 24.3 Å². The summed E-state index contributed by atoms with van der Waals surface area (Å²) >= 11 is 0. The molecular weight excluding hydrogens is 354 g/mol. The number of Topliss-reactive ketones (excluding diaryl/α,β-unsaturated/α-hetero) is 1. The Hall–Kier alpha value is -3.60. The molecule has 1 atom stereocenters. The fourth-order valence-corrected chi connectivity index (χ4v) is 2.53. The highest BCUT2D eigenvalue weighted by atomic mass is 16.5. The van der Waals surface area contributed by atoms with E-state index in [2.05, 4.69) is 5.32 Å². The first-order chi connectivity index (χ1) is 13.5. The van der Waals surface area contributed by atoms with Crippen LogP contribution < -0.4 is 14.8 Å². The Kier molecular flexibility index (Phi) is 6.07. The van der Waals surface area contributed by atoms with Crippen LogP contribution >= 0.6 is 0 Å². The summed E-state index contributed by atoms with van der Waals surface area (Å²) in [5.74, 6) is 1.57. The van der Waals surface area contributed by atoms with Gasteiger partial charge in [0.1, 0.15) is 17.2 Å². The largest absolute Gasteiger partial charge is 0.481 e. The van der Waals surface area contributed by atoms with Crippen molar-refractivity contribution in [3.8, 4) is 17.2 Å². The van der Waals surface area contributed by atoms with Gasteiger partial charge in [-0.25, -0.2) is 0 Å². The van der Waals surface area contributed by atoms with E-state index >= 15 is 0 Å². The highest BCUT2D eigenvalue weighted by Crippen LogP contribution is 2.25. The lowest BCUT2D eigenvalue weighted by Crippen LogP contribution is -2.30. The van der Waals surface area contributed by atoms with Crippen LogP contribution in [0.15, 0.2) is 78.9 Å². The Morgan fingerprint density at radius 1 is 0.821 bits per heavy atom. The maximum atomic E-state index is 12.4. The molecule has 0 bridgehead atoms. The number of carbonyl (C=O) groups is 2. The van der Waals surface area contributed by atoms with Crippen LogP contribution in [0.2, 0.25) is 0 Å². The fraction of sp³-hybridized carbons (Fsp3) is 0.130. The maximum absolute atomic E-state index is 12.4. The lowest BCUT2D eigenvalue weighted by molar-refractivity contribution is -0.122. The molecule has 3 rings (SSSR count). The van der Waals surface area contributed by atoms with Crippen LogP contribution in [0.1, 0.15) is 24.2 Å². The van der Waals surface area contributed by atoms with Crippen LogP contribution in [0.4, 0.5) is 5.69 Å². The van der Waals surface area contributed by atoms with Crippen LogP contribution in [0.3, 0.4) is 0 Å². The molecule has 0 fully saturated rings. The van der Waals surface area contributed by atoms with E-state index in [-0.39, 0.29) is 11.7 Å². The van der Waals surface area contributed by atoms with Crippen molar-refractivity contribution in [1.29, 1.82) is 0 Å². The van der Waals surface area contributed by atoms with E-state index in [0.29, 0.717) is 22.7 Å². The summed E-state index contributed by atoms with van der Waals surface area (Å²) < 4.78 is 11.5. The van der Waals surface area contributed by atoms with Crippen molar-refractivity contribution < 1.29 is 19.1 Å². The number of rotatable bonds is 7. The van der Waals surface area contributed by atoms with Gasteiger partial charge < -0.3 is 14.8 Å². The number of carbonyl (C=O) groups excluding carboxylic acids is 2. The summed E-state index contributed by atoms with van der Waals surface area (Å²) in [5.41, 5.74) is 1.20. The molecule has 0 aliphatic rings. The number of hydrogen-bond acceptors (Lipinski definition) is 4. The van der Waals surface area contributed by atoms with Gasteiger partial charge in [0.15, 0.2) is 11.9 Å². The zero-order chi connectivity index (χ0) is 19.9. The molecular formula is C23H21NO4. The standard InChI is InChI=1S/C23H21NO4/c1-16(25)18-11-13-19(14-12-18)24-23(26)17(2)27-21-9-6-10-22(15-21)28-20-7-4-3-5-8-20/h3-15,17H,1-2H3,(H,24,26)/t17-/m1/s1. The molecule has 0 heterocycles. The smallest absolute Gasteiger partial charge is 0.265 e. The number of ketones is 1. The lowest BCUT2D eigenvalue weighted by Gasteiger charge is -2.15. The number of hydrogen-bond donors (Lipinski definition) is 1. The van der Waals surface area contributed by atoms with Crippen molar-refractivity contribution in [2.24, 2.45) is 0 Å². The molecule has 0 spiro atoms. The first kappa shape index (κ1) is 19.2. The van der Waals surface area contributed by atoms with Crippen LogP contribution in [-0.4, -0.2) is 17.8 Å². The van der Waals surface area contributed by atoms with Gasteiger partial charge in [-0.3, -0.25) is 9.59 Å². The molecule has 0 saturated heterocycles. The van der Waals surface area contributed by atoms with Gasteiger partial charge >= 0.3 is 0 Å². The van der Waals surface area contributed by atoms with E-state index in [4.69, 9.17) is 9.47 Å². The molecule has 142 valence electrons. The van der Waals surface area contributed by atoms with Gasteiger partial charge in [0.25, 0.3) is 5.91 Å². The zero-order valence-electron chi connectivity index (χ0n) is 15.7. The lowest BCUT2D eigenvalue weighted by atomic mass is 10.1. The minimum Gasteiger partial charge on any atom is -0.481 e. The minimum atomic E-state index is -0.709. The van der Waals surface area contributed by atoms with E-state index in [9.17, 15) is 9.59 Å². The predicted molar refractivity (Wildman–Crippen MR) is 108 cm³/mol. The van der Waals surface area contributed by atoms with Crippen LogP contribution in [-0.2, 0) is 4.79 Å². The second-order valence-corrected chi connectivity index (χ2v) is 6.27. The Morgan fingerprint density at radius 2 is 1.46 bits per heavy atom. The van der Waals surface area contributed by atoms with Gasteiger partial charge in [-0.15, -0.1) is 0 Å². The predicted octanol–water partition coefficient (Wildman–Crippen LogP) is 5.09. The average Bonchev–Trinajstić information content (AvgIpc) is 2.69. The van der Waals surface area contributed by atoms with Crippen molar-refractivity contribution in [2.45, 2.75) is 20.0 Å². The molecule has 1 N–H and O–H groups in total. The molecule has 0 aromatic heterocycles. The average molecular weight is 375 g/mol. The first-order valence-electron chi connectivity index (χ1n) is 8.93. The quantitative estimate of drug-likeness (QED) is 0.584. The summed E-state index contributed by atoms with van der Waals surface area (Å²) in [4.78, 5) is 23.7. The van der Waals surface area contributed by atoms with E-state index in [1.54, 1.807) is 49.4 Å². The normalized spacial score (nSPS) is 11.4. The minimum absolute atomic E-state index is 0.0211. The molecule has 0 unspecified atom stereocenters. The first-order valence-corrected chi connectivity index (χ1v) is 8.93. The van der Waals surface area contributed by atoms with E-state index < -0.39 is 6.10 Å². The summed E-state index contributed by atoms with van der Waals surface area (Å²) in [6.45, 7) is 3.17. The summed E-state index contributed by atoms with van der Waals surface area (Å²) in [7, 11) is 0. The molecule has 5 heteroatoms. The Morgan fingerprint density at radius 3 is 2.14 bits per heavy atom. The SMILES string of the molecule is CC(=O)c1ccc(NC(=O)[C@@H](C)Oc2cccc(Oc3ccccc3)c2)cc1. The molecule has 3 aromatic rings. The van der Waals surface area contributed by atoms with Gasteiger partial charge in [-0.2, -0.15) is 0 Å². The molecule has 0 saturated carbocycles. The number of anilines is 1. The summed E-state index contributed by atoms with van der Waals surface area (Å²) in [6, 6.07) is 23.3. The zero-order valence-corrected chi connectivity index (χ0v) is 15.7. The highest BCUT2D eigenvalue weighted by Gasteiger charge is 2.15. The summed E-state index contributed by atoms with van der Waals surface area (Å²) in [6.07, 6.45) is -0.709.